The van der Waals surface area contributed by atoms with Crippen molar-refractivity contribution >= 4 is 38.4 Å². The summed E-state index contributed by atoms with van der Waals surface area (Å²) >= 11 is 0. The number of ketones is 1. The largest absolute Gasteiger partial charge is 1.00 e. The van der Waals surface area contributed by atoms with Crippen molar-refractivity contribution in [2.24, 2.45) is 0 Å². The summed E-state index contributed by atoms with van der Waals surface area (Å²) in [6, 6.07) is 4.25. The number of H-pyrrole nitrogens is 1. The van der Waals surface area contributed by atoms with Gasteiger partial charge in [-0.3, -0.25) is 4.79 Å². The molecule has 1 aliphatic carbocycles. The fourth-order valence-electron chi connectivity index (χ4n) is 5.58. The number of aromatic amines is 1. The number of fused-ring (bicyclic) bond motifs is 2. The van der Waals surface area contributed by atoms with E-state index in [9.17, 15) is 4.79 Å². The smallest absolute Gasteiger partial charge is 0.402 e. The first-order valence-electron chi connectivity index (χ1n) is 13.0. The van der Waals surface area contributed by atoms with E-state index in [4.69, 9.17) is 9.72 Å². The van der Waals surface area contributed by atoms with Crippen molar-refractivity contribution in [2.75, 3.05) is 12.9 Å². The number of aryl methyl sites for hydroxylation is 1. The number of aromatic nitrogens is 3. The Morgan fingerprint density at radius 2 is 1.70 bits per heavy atom. The van der Waals surface area contributed by atoms with Gasteiger partial charge in [-0.2, -0.15) is 0 Å². The molecule has 0 spiro atoms. The SMILES string of the molecule is CCCCCCSSCc1c(C)c(OC)c(C)c[n+]1-c1nc2cc3c(cc2[nH]1)C(C)(C)C(=O)C3(C)C.[Cl-]. The van der Waals surface area contributed by atoms with Crippen molar-refractivity contribution in [3.63, 3.8) is 0 Å². The molecule has 202 valence electrons. The van der Waals surface area contributed by atoms with E-state index in [2.05, 4.69) is 48.7 Å². The number of carbonyl (C=O) groups excluding carboxylic acids is 1. The van der Waals surface area contributed by atoms with Crippen LogP contribution < -0.4 is 21.7 Å². The molecule has 1 aromatic carbocycles. The molecule has 0 atom stereocenters. The second-order valence-corrected chi connectivity index (χ2v) is 13.6. The summed E-state index contributed by atoms with van der Waals surface area (Å²) in [5.41, 5.74) is 6.44. The van der Waals surface area contributed by atoms with Crippen LogP contribution in [-0.4, -0.2) is 28.6 Å². The number of hydrogen-bond acceptors (Lipinski definition) is 5. The number of hydrogen-bond donors (Lipinski definition) is 1. The van der Waals surface area contributed by atoms with Gasteiger partial charge in [0, 0.05) is 27.7 Å². The number of halogens is 1. The second kappa shape index (κ2) is 11.6. The first-order chi connectivity index (χ1) is 17.0. The van der Waals surface area contributed by atoms with Crippen molar-refractivity contribution in [3.05, 3.63) is 46.3 Å². The monoisotopic (exact) mass is 561 g/mol. The lowest BCUT2D eigenvalue weighted by Crippen LogP contribution is -3.00. The number of nitrogens with one attached hydrogen (secondary N) is 1. The van der Waals surface area contributed by atoms with Gasteiger partial charge in [-0.15, -0.1) is 0 Å². The fraction of sp³-hybridized carbons (Fsp3) is 0.552. The van der Waals surface area contributed by atoms with Crippen LogP contribution >= 0.6 is 21.6 Å². The van der Waals surface area contributed by atoms with Crippen LogP contribution in [0.5, 0.6) is 5.75 Å². The van der Waals surface area contributed by atoms with Gasteiger partial charge < -0.3 is 17.1 Å². The van der Waals surface area contributed by atoms with E-state index in [0.717, 1.165) is 50.7 Å². The number of benzene rings is 1. The summed E-state index contributed by atoms with van der Waals surface area (Å²) in [6.45, 7) is 14.6. The number of carbonyl (C=O) groups is 1. The quantitative estimate of drug-likeness (QED) is 0.230. The summed E-state index contributed by atoms with van der Waals surface area (Å²) in [5.74, 6) is 4.04. The summed E-state index contributed by atoms with van der Waals surface area (Å²) < 4.78 is 7.94. The summed E-state index contributed by atoms with van der Waals surface area (Å²) in [4.78, 5) is 21.7. The van der Waals surface area contributed by atoms with E-state index in [1.54, 1.807) is 7.11 Å². The highest BCUT2D eigenvalue weighted by Crippen LogP contribution is 2.47. The molecular weight excluding hydrogens is 522 g/mol. The molecule has 0 radical (unpaired) electrons. The number of imidazole rings is 1. The Labute approximate surface area is 235 Å². The first kappa shape index (κ1) is 29.9. The van der Waals surface area contributed by atoms with Gasteiger partial charge in [-0.1, -0.05) is 52.8 Å². The van der Waals surface area contributed by atoms with Crippen LogP contribution in [0.1, 0.15) is 88.2 Å². The maximum absolute atomic E-state index is 13.1. The average molecular weight is 562 g/mol. The lowest BCUT2D eigenvalue weighted by atomic mass is 9.80. The molecule has 2 aromatic heterocycles. The molecule has 0 amide bonds. The third kappa shape index (κ3) is 5.41. The zero-order valence-electron chi connectivity index (χ0n) is 23.4. The average Bonchev–Trinajstić information content (AvgIpc) is 3.31. The van der Waals surface area contributed by atoms with Crippen molar-refractivity contribution in [1.82, 2.24) is 9.97 Å². The van der Waals surface area contributed by atoms with E-state index in [1.165, 1.54) is 37.1 Å². The lowest BCUT2D eigenvalue weighted by Gasteiger charge is -2.21. The normalized spacial score (nSPS) is 15.6. The third-order valence-electron chi connectivity index (χ3n) is 7.63. The van der Waals surface area contributed by atoms with Gasteiger partial charge in [0.25, 0.3) is 0 Å². The molecule has 8 heteroatoms. The Bertz CT molecular complexity index is 1250. The third-order valence-corrected chi connectivity index (χ3v) is 10.00. The van der Waals surface area contributed by atoms with Crippen LogP contribution in [-0.2, 0) is 21.4 Å². The molecule has 0 saturated heterocycles. The molecular formula is C29H40ClN3O2S2. The Morgan fingerprint density at radius 3 is 2.35 bits per heavy atom. The van der Waals surface area contributed by atoms with Crippen molar-refractivity contribution in [2.45, 2.75) is 90.7 Å². The maximum atomic E-state index is 13.1. The number of unbranched alkanes of at least 4 members (excludes halogenated alkanes) is 3. The Balaban J connectivity index is 0.00000380. The lowest BCUT2D eigenvalue weighted by molar-refractivity contribution is -0.611. The van der Waals surface area contributed by atoms with E-state index in [1.807, 2.05) is 49.3 Å². The number of nitrogens with zero attached hydrogens (tertiary/aromatic N) is 2. The van der Waals surface area contributed by atoms with Gasteiger partial charge in [-0.25, -0.2) is 9.55 Å². The molecule has 0 saturated carbocycles. The molecule has 0 bridgehead atoms. The van der Waals surface area contributed by atoms with Crippen LogP contribution in [0.2, 0.25) is 0 Å². The minimum Gasteiger partial charge on any atom is -1.00 e. The maximum Gasteiger partial charge on any atom is 0.402 e. The zero-order chi connectivity index (χ0) is 26.3. The summed E-state index contributed by atoms with van der Waals surface area (Å²) in [7, 11) is 5.59. The number of rotatable bonds is 10. The highest BCUT2D eigenvalue weighted by Gasteiger charge is 2.50. The Kier molecular flexibility index (Phi) is 9.35. The van der Waals surface area contributed by atoms with Crippen molar-refractivity contribution in [3.8, 4) is 11.7 Å². The van der Waals surface area contributed by atoms with Gasteiger partial charge in [0.1, 0.15) is 17.0 Å². The molecule has 0 fully saturated rings. The minimum absolute atomic E-state index is 0. The number of ether oxygens (including phenoxy) is 1. The molecule has 0 aliphatic heterocycles. The molecule has 3 aromatic rings. The highest BCUT2D eigenvalue weighted by molar-refractivity contribution is 8.76. The predicted octanol–water partition coefficient (Wildman–Crippen LogP) is 4.07. The minimum atomic E-state index is -0.511. The standard InChI is InChI=1S/C29H40N3O2S2.ClH/c1-9-10-11-12-13-35-36-17-24-19(3)25(34-8)18(2)16-32(24)27-30-22-14-20-21(15-23(22)31-27)29(6,7)26(33)28(20,4)5;/h14-16H,9-13,17H2,1-8H3,(H,30,31);1H/q+1;/p-1. The van der Waals surface area contributed by atoms with Gasteiger partial charge in [0.2, 0.25) is 0 Å². The van der Waals surface area contributed by atoms with Crippen molar-refractivity contribution in [1.29, 1.82) is 0 Å². The predicted molar refractivity (Wildman–Crippen MR) is 153 cm³/mol. The highest BCUT2D eigenvalue weighted by atomic mass is 35.5. The van der Waals surface area contributed by atoms with E-state index >= 15 is 0 Å². The molecule has 5 nitrogen and oxygen atoms in total. The topological polar surface area (TPSA) is 58.9 Å². The number of methoxy groups -OCH3 is 1. The van der Waals surface area contributed by atoms with E-state index < -0.39 is 10.8 Å². The van der Waals surface area contributed by atoms with E-state index in [-0.39, 0.29) is 18.2 Å². The second-order valence-electron chi connectivity index (χ2n) is 11.0. The first-order valence-corrected chi connectivity index (χ1v) is 15.5. The summed E-state index contributed by atoms with van der Waals surface area (Å²) in [5, 5.41) is 0. The van der Waals surface area contributed by atoms with Crippen LogP contribution in [0.3, 0.4) is 0 Å². The molecule has 37 heavy (non-hydrogen) atoms. The molecule has 1 aliphatic rings. The Hall–Kier alpha value is -1.70. The van der Waals surface area contributed by atoms with Crippen LogP contribution in [0.25, 0.3) is 17.0 Å². The van der Waals surface area contributed by atoms with Gasteiger partial charge in [0.15, 0.2) is 11.3 Å². The number of Topliss-reactive ketones (excluding diaryl/α,β-unsaturated/α-hetero) is 1. The molecule has 4 rings (SSSR count). The van der Waals surface area contributed by atoms with Crippen molar-refractivity contribution < 1.29 is 26.5 Å². The summed E-state index contributed by atoms with van der Waals surface area (Å²) in [6.07, 6.45) is 7.29. The van der Waals surface area contributed by atoms with Gasteiger partial charge in [-0.05, 0) is 71.2 Å². The fourth-order valence-corrected chi connectivity index (χ4v) is 7.86. The van der Waals surface area contributed by atoms with Crippen LogP contribution in [0.4, 0.5) is 0 Å². The zero-order valence-corrected chi connectivity index (χ0v) is 25.8. The molecule has 2 heterocycles. The Morgan fingerprint density at radius 1 is 1.03 bits per heavy atom. The van der Waals surface area contributed by atoms with Gasteiger partial charge in [0.05, 0.1) is 19.1 Å². The molecule has 0 unspecified atom stereocenters. The van der Waals surface area contributed by atoms with Crippen LogP contribution in [0.15, 0.2) is 18.3 Å². The van der Waals surface area contributed by atoms with Gasteiger partial charge >= 0.3 is 5.95 Å². The van der Waals surface area contributed by atoms with E-state index in [0.29, 0.717) is 0 Å². The van der Waals surface area contributed by atoms with Crippen LogP contribution in [0, 0.1) is 13.8 Å². The molecule has 1 N–H and O–H groups in total. The number of pyridine rings is 1.